The molecule has 4 nitrogen and oxygen atoms in total. The molecule has 158 valence electrons. The fourth-order valence-electron chi connectivity index (χ4n) is 3.02. The summed E-state index contributed by atoms with van der Waals surface area (Å²) in [7, 11) is 0. The van der Waals surface area contributed by atoms with Crippen LogP contribution in [0.3, 0.4) is 0 Å². The smallest absolute Gasteiger partial charge is 0.252 e. The van der Waals surface area contributed by atoms with Crippen LogP contribution in [0.2, 0.25) is 0 Å². The van der Waals surface area contributed by atoms with Gasteiger partial charge in [0.15, 0.2) is 0 Å². The molecule has 2 aromatic carbocycles. The summed E-state index contributed by atoms with van der Waals surface area (Å²) in [5.74, 6) is -0.279. The van der Waals surface area contributed by atoms with Gasteiger partial charge in [-0.05, 0) is 82.6 Å². The molecule has 0 radical (unpaired) electrons. The van der Waals surface area contributed by atoms with E-state index in [4.69, 9.17) is 0 Å². The van der Waals surface area contributed by atoms with E-state index >= 15 is 0 Å². The number of hydrogen-bond donors (Lipinski definition) is 2. The molecule has 0 aliphatic rings. The Balaban J connectivity index is 2.05. The van der Waals surface area contributed by atoms with Gasteiger partial charge in [0.25, 0.3) is 5.91 Å². The van der Waals surface area contributed by atoms with Crippen molar-refractivity contribution >= 4 is 33.8 Å². The maximum Gasteiger partial charge on any atom is 0.252 e. The van der Waals surface area contributed by atoms with Gasteiger partial charge in [-0.1, -0.05) is 43.4 Å². The molecule has 0 aliphatic heterocycles. The van der Waals surface area contributed by atoms with E-state index in [1.54, 1.807) is 12.1 Å². The van der Waals surface area contributed by atoms with Crippen LogP contribution in [0.25, 0.3) is 6.08 Å². The van der Waals surface area contributed by atoms with Crippen LogP contribution in [-0.4, -0.2) is 24.9 Å². The number of aryl methyl sites for hydroxylation is 2. The Morgan fingerprint density at radius 1 is 1.10 bits per heavy atom. The van der Waals surface area contributed by atoms with E-state index in [1.807, 2.05) is 12.1 Å². The van der Waals surface area contributed by atoms with Gasteiger partial charge < -0.3 is 10.6 Å². The third kappa shape index (κ3) is 6.42. The van der Waals surface area contributed by atoms with Crippen molar-refractivity contribution < 1.29 is 9.59 Å². The van der Waals surface area contributed by atoms with Gasteiger partial charge >= 0.3 is 0 Å². The van der Waals surface area contributed by atoms with Gasteiger partial charge in [0.1, 0.15) is 0 Å². The van der Waals surface area contributed by atoms with Crippen molar-refractivity contribution in [1.29, 1.82) is 0 Å². The van der Waals surface area contributed by atoms with E-state index in [-0.39, 0.29) is 24.3 Å². The third-order valence-electron chi connectivity index (χ3n) is 5.14. The van der Waals surface area contributed by atoms with Gasteiger partial charge in [-0.2, -0.15) is 0 Å². The number of rotatable bonds is 8. The maximum absolute atomic E-state index is 12.3. The highest BCUT2D eigenvalue weighted by molar-refractivity contribution is 9.10. The van der Waals surface area contributed by atoms with E-state index in [1.165, 1.54) is 22.3 Å². The van der Waals surface area contributed by atoms with E-state index in [0.29, 0.717) is 16.6 Å². The third-order valence-corrected chi connectivity index (χ3v) is 5.80. The van der Waals surface area contributed by atoms with Crippen LogP contribution in [0, 0.1) is 20.8 Å². The topological polar surface area (TPSA) is 58.2 Å². The van der Waals surface area contributed by atoms with E-state index < -0.39 is 0 Å². The minimum atomic E-state index is -0.301. The van der Waals surface area contributed by atoms with Crippen LogP contribution >= 0.6 is 15.9 Å². The number of carbonyl (C=O) groups is 2. The molecule has 1 unspecified atom stereocenters. The van der Waals surface area contributed by atoms with Crippen molar-refractivity contribution in [2.75, 3.05) is 13.1 Å². The highest BCUT2D eigenvalue weighted by Gasteiger charge is 2.12. The van der Waals surface area contributed by atoms with Crippen molar-refractivity contribution in [2.45, 2.75) is 33.6 Å². The minimum Gasteiger partial charge on any atom is -0.351 e. The Labute approximate surface area is 187 Å². The van der Waals surface area contributed by atoms with Crippen molar-refractivity contribution in [3.8, 4) is 0 Å². The molecule has 0 spiro atoms. The van der Waals surface area contributed by atoms with Crippen LogP contribution in [0.4, 0.5) is 0 Å². The molecule has 2 rings (SSSR count). The van der Waals surface area contributed by atoms with Crippen LogP contribution < -0.4 is 10.6 Å². The molecule has 0 aliphatic carbocycles. The zero-order chi connectivity index (χ0) is 22.3. The zero-order valence-corrected chi connectivity index (χ0v) is 19.6. The second kappa shape index (κ2) is 10.9. The van der Waals surface area contributed by atoms with E-state index in [2.05, 4.69) is 85.1 Å². The lowest BCUT2D eigenvalue weighted by Gasteiger charge is -2.13. The van der Waals surface area contributed by atoms with Crippen LogP contribution in [0.5, 0.6) is 0 Å². The Morgan fingerprint density at radius 2 is 1.77 bits per heavy atom. The molecule has 0 saturated carbocycles. The average Bonchev–Trinajstić information content (AvgIpc) is 2.72. The van der Waals surface area contributed by atoms with E-state index in [0.717, 1.165) is 5.56 Å². The molecule has 5 heteroatoms. The minimum absolute atomic E-state index is 0.0757. The van der Waals surface area contributed by atoms with Gasteiger partial charge in [0.2, 0.25) is 5.91 Å². The number of benzene rings is 2. The molecule has 2 N–H and O–H groups in total. The molecule has 0 aromatic heterocycles. The van der Waals surface area contributed by atoms with Crippen molar-refractivity contribution in [3.63, 3.8) is 0 Å². The molecule has 0 fully saturated rings. The fourth-order valence-corrected chi connectivity index (χ4v) is 3.60. The van der Waals surface area contributed by atoms with Gasteiger partial charge in [-0.25, -0.2) is 0 Å². The molecule has 2 aromatic rings. The number of carbonyl (C=O) groups excluding carboxylic acids is 2. The Morgan fingerprint density at radius 3 is 2.37 bits per heavy atom. The summed E-state index contributed by atoms with van der Waals surface area (Å²) in [4.78, 5) is 23.9. The summed E-state index contributed by atoms with van der Waals surface area (Å²) in [5, 5.41) is 5.24. The van der Waals surface area contributed by atoms with Crippen LogP contribution in [-0.2, 0) is 4.79 Å². The highest BCUT2D eigenvalue weighted by Crippen LogP contribution is 2.25. The predicted octanol–water partition coefficient (Wildman–Crippen LogP) is 5.22. The molecular weight excluding hydrogens is 440 g/mol. The Bertz CT molecular complexity index is 956. The summed E-state index contributed by atoms with van der Waals surface area (Å²) in [6.45, 7) is 12.5. The summed E-state index contributed by atoms with van der Waals surface area (Å²) in [6, 6.07) is 10.0. The number of allylic oxidation sites excluding steroid dienone is 1. The second-order valence-corrected chi connectivity index (χ2v) is 8.30. The number of halogens is 1. The first kappa shape index (κ1) is 23.6. The number of hydrogen-bond acceptors (Lipinski definition) is 2. The van der Waals surface area contributed by atoms with Crippen molar-refractivity contribution in [2.24, 2.45) is 0 Å². The summed E-state index contributed by atoms with van der Waals surface area (Å²) >= 11 is 3.47. The zero-order valence-electron chi connectivity index (χ0n) is 18.0. The first-order chi connectivity index (χ1) is 14.2. The maximum atomic E-state index is 12.3. The lowest BCUT2D eigenvalue weighted by molar-refractivity contribution is -0.119. The standard InChI is InChI=1S/C25H29BrN2O2/c1-6-11-27-24(29)15-28-25(30)22-10-9-20(14-23(22)26)8-7-16(2)21-12-17(3)19(5)18(4)13-21/h6-10,12-14,16H,1,11,15H2,2-5H3,(H,27,29)(H,28,30)/b8-7+. The van der Waals surface area contributed by atoms with E-state index in [9.17, 15) is 9.59 Å². The summed E-state index contributed by atoms with van der Waals surface area (Å²) < 4.78 is 0.684. The normalized spacial score (nSPS) is 11.9. The van der Waals surface area contributed by atoms with Crippen molar-refractivity contribution in [3.05, 3.63) is 86.9 Å². The highest BCUT2D eigenvalue weighted by atomic mass is 79.9. The first-order valence-electron chi connectivity index (χ1n) is 9.94. The monoisotopic (exact) mass is 468 g/mol. The molecule has 1 atom stereocenters. The van der Waals surface area contributed by atoms with Crippen LogP contribution in [0.15, 0.2) is 53.5 Å². The fraction of sp³-hybridized carbons (Fsp3) is 0.280. The summed E-state index contributed by atoms with van der Waals surface area (Å²) in [6.07, 6.45) is 5.81. The lowest BCUT2D eigenvalue weighted by atomic mass is 9.93. The molecule has 30 heavy (non-hydrogen) atoms. The molecule has 0 heterocycles. The Kier molecular flexibility index (Phi) is 8.60. The average molecular weight is 469 g/mol. The molecule has 2 amide bonds. The summed E-state index contributed by atoms with van der Waals surface area (Å²) in [5.41, 5.74) is 6.72. The SMILES string of the molecule is C=CCNC(=O)CNC(=O)c1ccc(/C=C/C(C)c2cc(C)c(C)c(C)c2)cc1Br. The van der Waals surface area contributed by atoms with Gasteiger partial charge in [-0.3, -0.25) is 9.59 Å². The lowest BCUT2D eigenvalue weighted by Crippen LogP contribution is -2.37. The predicted molar refractivity (Wildman–Crippen MR) is 128 cm³/mol. The number of amides is 2. The largest absolute Gasteiger partial charge is 0.351 e. The van der Waals surface area contributed by atoms with Gasteiger partial charge in [0, 0.05) is 11.0 Å². The first-order valence-corrected chi connectivity index (χ1v) is 10.7. The quantitative estimate of drug-likeness (QED) is 0.521. The van der Waals surface area contributed by atoms with Crippen LogP contribution in [0.1, 0.15) is 51.0 Å². The van der Waals surface area contributed by atoms with Gasteiger partial charge in [-0.15, -0.1) is 6.58 Å². The Hall–Kier alpha value is -2.66. The second-order valence-electron chi connectivity index (χ2n) is 7.44. The molecular formula is C25H29BrN2O2. The van der Waals surface area contributed by atoms with Crippen molar-refractivity contribution in [1.82, 2.24) is 10.6 Å². The van der Waals surface area contributed by atoms with Gasteiger partial charge in [0.05, 0.1) is 12.1 Å². The number of nitrogens with one attached hydrogen (secondary N) is 2. The molecule has 0 bridgehead atoms. The molecule has 0 saturated heterocycles.